The van der Waals surface area contributed by atoms with E-state index in [4.69, 9.17) is 18.9 Å². The minimum absolute atomic E-state index is 0.0574. The number of methoxy groups -OCH3 is 2. The van der Waals surface area contributed by atoms with E-state index in [0.29, 0.717) is 40.2 Å². The largest absolute Gasteiger partial charge is 0.508 e. The molecule has 4 heterocycles. The molecular weight excluding hydrogens is 953 g/mol. The van der Waals surface area contributed by atoms with Crippen molar-refractivity contribution in [2.24, 2.45) is 5.92 Å². The number of phenolic OH excluding ortho intramolecular Hbond substituents is 1. The van der Waals surface area contributed by atoms with Crippen molar-refractivity contribution < 1.29 is 48.2 Å². The van der Waals surface area contributed by atoms with Gasteiger partial charge in [0.1, 0.15) is 29.9 Å². The van der Waals surface area contributed by atoms with Gasteiger partial charge in [-0.15, -0.1) is 0 Å². The summed E-state index contributed by atoms with van der Waals surface area (Å²) in [5.74, 6) is 3.98. The van der Waals surface area contributed by atoms with Gasteiger partial charge < -0.3 is 29.0 Å². The summed E-state index contributed by atoms with van der Waals surface area (Å²) in [7, 11) is 3.09. The molecule has 0 unspecified atom stereocenters. The van der Waals surface area contributed by atoms with E-state index in [9.17, 15) is 15.2 Å². The van der Waals surface area contributed by atoms with Gasteiger partial charge >= 0.3 is 12.1 Å². The number of nitro benzene ring substituents is 1. The minimum Gasteiger partial charge on any atom is -0.508 e. The Labute approximate surface area is 433 Å². The van der Waals surface area contributed by atoms with Crippen LogP contribution in [0.15, 0.2) is 151 Å². The summed E-state index contributed by atoms with van der Waals surface area (Å²) in [5, 5.41) is 22.4. The third-order valence-electron chi connectivity index (χ3n) is 15.3. The van der Waals surface area contributed by atoms with Crippen LogP contribution in [0.1, 0.15) is 88.4 Å². The molecule has 3 amide bonds. The topological polar surface area (TPSA) is 178 Å². The van der Waals surface area contributed by atoms with Crippen molar-refractivity contribution in [2.45, 2.75) is 74.9 Å². The number of cyclic esters (lactones) is 1. The fraction of sp³-hybridized carbons (Fsp3) is 0.267. The lowest BCUT2D eigenvalue weighted by atomic mass is 9.64. The molecule has 6 atom stereocenters. The molecule has 11 rings (SSSR count). The highest BCUT2D eigenvalue weighted by Crippen LogP contribution is 2.66. The first-order chi connectivity index (χ1) is 36.5. The van der Waals surface area contributed by atoms with Gasteiger partial charge in [0.15, 0.2) is 11.5 Å². The molecule has 1 aliphatic carbocycles. The summed E-state index contributed by atoms with van der Waals surface area (Å²) in [6.45, 7) is -0.0656. The minimum atomic E-state index is -2.10. The second kappa shape index (κ2) is 19.9. The highest BCUT2D eigenvalue weighted by Gasteiger charge is 2.76. The van der Waals surface area contributed by atoms with Gasteiger partial charge in [-0.2, -0.15) is 0 Å². The molecule has 15 nitrogen and oxygen atoms in total. The van der Waals surface area contributed by atoms with Crippen molar-refractivity contribution >= 4 is 35.3 Å². The van der Waals surface area contributed by atoms with E-state index in [1.807, 2.05) is 77.7 Å². The third-order valence-corrected chi connectivity index (χ3v) is 15.3. The van der Waals surface area contributed by atoms with Gasteiger partial charge in [0, 0.05) is 30.8 Å². The molecule has 0 saturated carbocycles. The molecule has 6 aromatic rings. The maximum Gasteiger partial charge on any atom is 0.421 e. The van der Waals surface area contributed by atoms with Crippen molar-refractivity contribution in [3.8, 4) is 29.1 Å². The predicted molar refractivity (Wildman–Crippen MR) is 275 cm³/mol. The van der Waals surface area contributed by atoms with E-state index in [1.54, 1.807) is 42.3 Å². The molecule has 1 spiro atoms. The number of ether oxygens (including phenoxy) is 4. The quantitative estimate of drug-likeness (QED) is 0.0629. The number of amides is 3. The zero-order chi connectivity index (χ0) is 52.0. The average molecular weight is 1010 g/mol. The van der Waals surface area contributed by atoms with Gasteiger partial charge in [0.2, 0.25) is 11.8 Å². The second-order valence-corrected chi connectivity index (χ2v) is 19.4. The van der Waals surface area contributed by atoms with Gasteiger partial charge in [-0.3, -0.25) is 29.4 Å². The van der Waals surface area contributed by atoms with Crippen molar-refractivity contribution in [2.75, 3.05) is 25.7 Å². The number of imide groups is 1. The lowest BCUT2D eigenvalue weighted by Gasteiger charge is -2.46. The van der Waals surface area contributed by atoms with E-state index < -0.39 is 64.4 Å². The Bertz CT molecular complexity index is 3330. The van der Waals surface area contributed by atoms with Crippen LogP contribution >= 0.6 is 0 Å². The molecule has 0 bridgehead atoms. The molecule has 15 heteroatoms. The monoisotopic (exact) mass is 1000 g/mol. The summed E-state index contributed by atoms with van der Waals surface area (Å²) in [6, 6.07) is 36.1. The number of esters is 1. The number of carbonyl (C=O) groups is 4. The van der Waals surface area contributed by atoms with E-state index in [2.05, 4.69) is 17.9 Å². The van der Waals surface area contributed by atoms with Gasteiger partial charge in [-0.05, 0) is 131 Å². The number of morpholine rings is 1. The Kier molecular flexibility index (Phi) is 12.9. The summed E-state index contributed by atoms with van der Waals surface area (Å²) in [4.78, 5) is 79.5. The number of aromatic hydroxyl groups is 1. The maximum absolute atomic E-state index is 16.8. The number of non-ortho nitro benzene ring substituents is 1. The van der Waals surface area contributed by atoms with Gasteiger partial charge in [0.05, 0.1) is 42.8 Å². The van der Waals surface area contributed by atoms with Crippen molar-refractivity contribution in [1.82, 2.24) is 9.80 Å². The average Bonchev–Trinajstić information content (AvgIpc) is 3.93. The van der Waals surface area contributed by atoms with Gasteiger partial charge in [0.25, 0.3) is 5.69 Å². The number of hydrogen-bond donors (Lipinski definition) is 1. The number of hydrogen-bond acceptors (Lipinski definition) is 12. The van der Waals surface area contributed by atoms with E-state index in [-0.39, 0.29) is 42.4 Å². The summed E-state index contributed by atoms with van der Waals surface area (Å²) in [5.41, 5.74) is 3.66. The Morgan fingerprint density at radius 1 is 0.787 bits per heavy atom. The van der Waals surface area contributed by atoms with Crippen LogP contribution in [0, 0.1) is 27.9 Å². The van der Waals surface area contributed by atoms with Crippen LogP contribution in [0.2, 0.25) is 0 Å². The van der Waals surface area contributed by atoms with Gasteiger partial charge in [-0.25, -0.2) is 9.69 Å². The number of fused-ring (bicyclic) bond motifs is 4. The van der Waals surface area contributed by atoms with Crippen molar-refractivity contribution in [1.29, 1.82) is 0 Å². The second-order valence-electron chi connectivity index (χ2n) is 19.4. The zero-order valence-corrected chi connectivity index (χ0v) is 41.2. The number of allylic oxidation sites excluding steroid dienone is 2. The first kappa shape index (κ1) is 48.5. The molecule has 4 aliphatic heterocycles. The van der Waals surface area contributed by atoms with Crippen LogP contribution in [-0.4, -0.2) is 70.5 Å². The van der Waals surface area contributed by atoms with Crippen LogP contribution in [0.5, 0.6) is 17.2 Å². The molecule has 6 aromatic carbocycles. The Hall–Kier alpha value is -8.74. The van der Waals surface area contributed by atoms with Crippen LogP contribution in [-0.2, 0) is 48.8 Å². The van der Waals surface area contributed by atoms with Crippen molar-refractivity contribution in [3.05, 3.63) is 206 Å². The van der Waals surface area contributed by atoms with E-state index >= 15 is 19.2 Å². The highest BCUT2D eigenvalue weighted by molar-refractivity contribution is 6.23. The highest BCUT2D eigenvalue weighted by atomic mass is 16.6. The summed E-state index contributed by atoms with van der Waals surface area (Å²) >= 11 is 0. The number of benzene rings is 6. The lowest BCUT2D eigenvalue weighted by Crippen LogP contribution is -2.57. The van der Waals surface area contributed by atoms with E-state index in [1.165, 1.54) is 43.5 Å². The number of nitro groups is 1. The summed E-state index contributed by atoms with van der Waals surface area (Å²) in [6.07, 6.45) is 4.30. The fourth-order valence-electron chi connectivity index (χ4n) is 11.9. The number of phenols is 1. The number of rotatable bonds is 9. The first-order valence-corrected chi connectivity index (χ1v) is 25.0. The molecule has 5 aliphatic rings. The molecule has 0 radical (unpaired) electrons. The first-order valence-electron chi connectivity index (χ1n) is 25.0. The Balaban J connectivity index is 1.16. The fourth-order valence-corrected chi connectivity index (χ4v) is 11.9. The third kappa shape index (κ3) is 8.50. The smallest absolute Gasteiger partial charge is 0.421 e. The Morgan fingerprint density at radius 3 is 2.15 bits per heavy atom. The molecule has 378 valence electrons. The number of carbonyl (C=O) groups excluding carboxylic acids is 4. The van der Waals surface area contributed by atoms with Gasteiger partial charge in [-0.1, -0.05) is 90.7 Å². The molecule has 0 aromatic heterocycles. The van der Waals surface area contributed by atoms with Crippen molar-refractivity contribution in [3.63, 3.8) is 0 Å². The maximum atomic E-state index is 16.8. The number of anilines is 1. The molecular formula is C60H52N4O11. The molecule has 2 saturated heterocycles. The normalized spacial score (nSPS) is 22.7. The standard InChI is InChI=1S/C60H52N4O11/c1-72-49-33-43-30-31-61(35-44(43)34-50(49)73-2)56(66)51-53-57(67)75-54(41-16-10-5-11-17-41)52(40-14-8-4-9-15-40)63(53)55(42-23-27-46(65)28-24-42)60(51)47-32-38(19-18-37-12-6-3-7-13-37)22-29-48(47)62(58(60)68)59(69)74-36-39-20-25-45(26-21-39)64(70)71/h4-5,8-12,14-17,20-29,32-34,51-55,65H,3,6-7,13,30-31,35-36H2,1-2H3/t51-,52-,53-,54+,55+,60-/m0/s1. The SMILES string of the molecule is COc1cc2c(cc1OC)CN(C(=O)[C@@H]1[C@H]3C(=O)O[C@H](c4ccccc4)[C@H](c4ccccc4)N3[C@H](c3ccc(O)cc3)[C@@]13C(=O)N(C(=O)OCc1ccc([N+](=O)[O-])cc1)c1ccc(C#CC4=CCCCC4)cc13)CC2. The zero-order valence-electron chi connectivity index (χ0n) is 41.2. The lowest BCUT2D eigenvalue weighted by molar-refractivity contribution is -0.384. The molecule has 2 fully saturated rings. The Morgan fingerprint density at radius 2 is 1.48 bits per heavy atom. The van der Waals surface area contributed by atoms with E-state index in [0.717, 1.165) is 52.8 Å². The molecule has 75 heavy (non-hydrogen) atoms. The van der Waals surface area contributed by atoms with Crippen LogP contribution in [0.25, 0.3) is 0 Å². The molecule has 1 N–H and O–H groups in total. The van der Waals surface area contributed by atoms with Crippen LogP contribution in [0.3, 0.4) is 0 Å². The predicted octanol–water partition coefficient (Wildman–Crippen LogP) is 9.76. The van der Waals surface area contributed by atoms with Crippen LogP contribution < -0.4 is 14.4 Å². The summed E-state index contributed by atoms with van der Waals surface area (Å²) < 4.78 is 24.0. The number of nitrogens with zero attached hydrogens (tertiary/aromatic N) is 4. The van der Waals surface area contributed by atoms with Crippen LogP contribution in [0.4, 0.5) is 16.2 Å².